The zero-order valence-electron chi connectivity index (χ0n) is 21.0. The highest BCUT2D eigenvalue weighted by Gasteiger charge is 2.24. The van der Waals surface area contributed by atoms with E-state index in [9.17, 15) is 9.90 Å². The van der Waals surface area contributed by atoms with Gasteiger partial charge in [0.1, 0.15) is 0 Å². The van der Waals surface area contributed by atoms with Crippen molar-refractivity contribution in [3.63, 3.8) is 0 Å². The quantitative estimate of drug-likeness (QED) is 0.390. The number of piperidine rings is 1. The monoisotopic (exact) mass is 475 g/mol. The van der Waals surface area contributed by atoms with Crippen LogP contribution in [0.1, 0.15) is 53.0 Å². The summed E-state index contributed by atoms with van der Waals surface area (Å²) in [6, 6.07) is 12.3. The van der Waals surface area contributed by atoms with Gasteiger partial charge in [0.2, 0.25) is 0 Å². The van der Waals surface area contributed by atoms with Gasteiger partial charge < -0.3 is 16.2 Å². The van der Waals surface area contributed by atoms with Crippen molar-refractivity contribution in [3.05, 3.63) is 76.6 Å². The van der Waals surface area contributed by atoms with E-state index < -0.39 is 5.97 Å². The van der Waals surface area contributed by atoms with Gasteiger partial charge in [0.05, 0.1) is 17.8 Å². The molecule has 2 unspecified atom stereocenters. The minimum Gasteiger partial charge on any atom is -0.481 e. The van der Waals surface area contributed by atoms with Crippen LogP contribution in [0.3, 0.4) is 0 Å². The summed E-state index contributed by atoms with van der Waals surface area (Å²) in [5.74, 6) is -0.484. The second-order valence-corrected chi connectivity index (χ2v) is 9.80. The number of aryl methyl sites for hydroxylation is 1. The number of nitrogens with two attached hydrogens (primary N) is 1. The van der Waals surface area contributed by atoms with Crippen LogP contribution < -0.4 is 11.1 Å². The molecule has 1 aliphatic rings. The van der Waals surface area contributed by atoms with Crippen molar-refractivity contribution in [3.8, 4) is 0 Å². The molecule has 1 fully saturated rings. The molecule has 35 heavy (non-hydrogen) atoms. The summed E-state index contributed by atoms with van der Waals surface area (Å²) < 4.78 is 2.03. The van der Waals surface area contributed by atoms with E-state index in [1.807, 2.05) is 49.2 Å². The first-order valence-corrected chi connectivity index (χ1v) is 12.4. The number of carbonyl (C=O) groups is 1. The molecule has 2 atom stereocenters. The number of anilines is 2. The number of nitrogens with zero attached hydrogens (tertiary/aromatic N) is 3. The van der Waals surface area contributed by atoms with Gasteiger partial charge in [0, 0.05) is 45.0 Å². The van der Waals surface area contributed by atoms with Crippen LogP contribution in [0.4, 0.5) is 11.4 Å². The number of aromatic nitrogens is 2. The second-order valence-electron chi connectivity index (χ2n) is 9.80. The molecule has 2 aromatic carbocycles. The van der Waals surface area contributed by atoms with Gasteiger partial charge in [0.15, 0.2) is 0 Å². The largest absolute Gasteiger partial charge is 0.481 e. The molecule has 0 aliphatic carbocycles. The Hall–Kier alpha value is -3.32. The first-order valence-electron chi connectivity index (χ1n) is 12.4. The highest BCUT2D eigenvalue weighted by molar-refractivity contribution is 5.74. The second kappa shape index (κ2) is 11.0. The van der Waals surface area contributed by atoms with Gasteiger partial charge in [-0.05, 0) is 79.1 Å². The maximum atomic E-state index is 11.9. The van der Waals surface area contributed by atoms with Crippen molar-refractivity contribution in [1.29, 1.82) is 0 Å². The van der Waals surface area contributed by atoms with Crippen LogP contribution in [-0.2, 0) is 17.9 Å². The number of likely N-dealkylation sites (tertiary alicyclic amines) is 1. The van der Waals surface area contributed by atoms with Gasteiger partial charge in [-0.15, -0.1) is 0 Å². The van der Waals surface area contributed by atoms with Crippen molar-refractivity contribution in [2.45, 2.75) is 52.1 Å². The third-order valence-electron chi connectivity index (χ3n) is 7.36. The zero-order chi connectivity index (χ0) is 24.9. The summed E-state index contributed by atoms with van der Waals surface area (Å²) in [5, 5.41) is 17.2. The van der Waals surface area contributed by atoms with Crippen molar-refractivity contribution >= 4 is 17.3 Å². The van der Waals surface area contributed by atoms with E-state index >= 15 is 0 Å². The molecule has 4 N–H and O–H groups in total. The molecule has 0 spiro atoms. The molecule has 7 nitrogen and oxygen atoms in total. The van der Waals surface area contributed by atoms with E-state index in [1.54, 1.807) is 0 Å². The lowest BCUT2D eigenvalue weighted by Crippen LogP contribution is -2.36. The van der Waals surface area contributed by atoms with Crippen LogP contribution in [0.2, 0.25) is 0 Å². The predicted molar refractivity (Wildman–Crippen MR) is 141 cm³/mol. The van der Waals surface area contributed by atoms with Crippen LogP contribution in [0, 0.1) is 19.8 Å². The Kier molecular flexibility index (Phi) is 7.76. The van der Waals surface area contributed by atoms with Crippen LogP contribution in [0.5, 0.6) is 0 Å². The SMILES string of the molecule is CNc1ccc(C(CC(=O)O)c2ccc(C)c(CN3CCCC(Cn4cccn4)C3)c2)c(C)c1N. The Bertz CT molecular complexity index is 1160. The number of carboxylic acids is 1. The molecule has 0 bridgehead atoms. The van der Waals surface area contributed by atoms with Crippen LogP contribution in [-0.4, -0.2) is 45.9 Å². The summed E-state index contributed by atoms with van der Waals surface area (Å²) in [5.41, 5.74) is 13.3. The molecule has 1 saturated heterocycles. The van der Waals surface area contributed by atoms with E-state index in [2.05, 4.69) is 40.4 Å². The summed E-state index contributed by atoms with van der Waals surface area (Å²) in [4.78, 5) is 14.4. The Morgan fingerprint density at radius 1 is 1.29 bits per heavy atom. The summed E-state index contributed by atoms with van der Waals surface area (Å²) in [6.07, 6.45) is 6.30. The number of nitrogen functional groups attached to an aromatic ring is 1. The first-order chi connectivity index (χ1) is 16.9. The third kappa shape index (κ3) is 5.85. The number of hydrogen-bond acceptors (Lipinski definition) is 5. The van der Waals surface area contributed by atoms with E-state index in [0.717, 1.165) is 48.6 Å². The van der Waals surface area contributed by atoms with Gasteiger partial charge in [-0.2, -0.15) is 5.10 Å². The van der Waals surface area contributed by atoms with Crippen molar-refractivity contribution in [2.24, 2.45) is 5.92 Å². The first kappa shape index (κ1) is 24.8. The van der Waals surface area contributed by atoms with E-state index in [0.29, 0.717) is 11.6 Å². The molecular weight excluding hydrogens is 438 g/mol. The number of carboxylic acid groups (broad SMARTS) is 1. The summed E-state index contributed by atoms with van der Waals surface area (Å²) in [6.45, 7) is 8.06. The van der Waals surface area contributed by atoms with Gasteiger partial charge in [-0.3, -0.25) is 14.4 Å². The Balaban J connectivity index is 1.58. The van der Waals surface area contributed by atoms with Crippen molar-refractivity contribution in [1.82, 2.24) is 14.7 Å². The lowest BCUT2D eigenvalue weighted by atomic mass is 9.84. The van der Waals surface area contributed by atoms with Gasteiger partial charge in [-0.1, -0.05) is 24.3 Å². The lowest BCUT2D eigenvalue weighted by molar-refractivity contribution is -0.137. The van der Waals surface area contributed by atoms with Crippen LogP contribution in [0.25, 0.3) is 0 Å². The molecule has 0 amide bonds. The summed E-state index contributed by atoms with van der Waals surface area (Å²) in [7, 11) is 1.84. The van der Waals surface area contributed by atoms with Gasteiger partial charge in [-0.25, -0.2) is 0 Å². The van der Waals surface area contributed by atoms with Gasteiger partial charge >= 0.3 is 5.97 Å². The topological polar surface area (TPSA) is 96.4 Å². The number of benzene rings is 2. The summed E-state index contributed by atoms with van der Waals surface area (Å²) >= 11 is 0. The van der Waals surface area contributed by atoms with Crippen LogP contribution in [0.15, 0.2) is 48.8 Å². The molecule has 0 radical (unpaired) electrons. The molecule has 0 saturated carbocycles. The van der Waals surface area contributed by atoms with Crippen LogP contribution >= 0.6 is 0 Å². The molecule has 186 valence electrons. The van der Waals surface area contributed by atoms with Crippen molar-refractivity contribution < 1.29 is 9.90 Å². The third-order valence-corrected chi connectivity index (χ3v) is 7.36. The molecule has 3 aromatic rings. The van der Waals surface area contributed by atoms with E-state index in [-0.39, 0.29) is 12.3 Å². The molecular formula is C28H37N5O2. The molecule has 4 rings (SSSR count). The average Bonchev–Trinajstić information content (AvgIpc) is 3.34. The highest BCUT2D eigenvalue weighted by Crippen LogP contribution is 2.36. The molecule has 1 aliphatic heterocycles. The number of aliphatic carboxylic acids is 1. The van der Waals surface area contributed by atoms with E-state index in [4.69, 9.17) is 5.73 Å². The fourth-order valence-corrected chi connectivity index (χ4v) is 5.36. The fraction of sp³-hybridized carbons (Fsp3) is 0.429. The number of nitrogens with one attached hydrogen (secondary N) is 1. The maximum absolute atomic E-state index is 11.9. The Morgan fingerprint density at radius 3 is 2.83 bits per heavy atom. The fourth-order valence-electron chi connectivity index (χ4n) is 5.36. The normalized spacial score (nSPS) is 17.3. The molecule has 7 heteroatoms. The average molecular weight is 476 g/mol. The molecule has 2 heterocycles. The van der Waals surface area contributed by atoms with Gasteiger partial charge in [0.25, 0.3) is 0 Å². The highest BCUT2D eigenvalue weighted by atomic mass is 16.4. The smallest absolute Gasteiger partial charge is 0.304 e. The number of hydrogen-bond donors (Lipinski definition) is 3. The maximum Gasteiger partial charge on any atom is 0.304 e. The Morgan fingerprint density at radius 2 is 2.11 bits per heavy atom. The zero-order valence-corrected chi connectivity index (χ0v) is 21.0. The minimum absolute atomic E-state index is 0.0251. The Labute approximate surface area is 207 Å². The van der Waals surface area contributed by atoms with Crippen molar-refractivity contribution in [2.75, 3.05) is 31.2 Å². The minimum atomic E-state index is -0.815. The van der Waals surface area contributed by atoms with E-state index in [1.165, 1.54) is 24.0 Å². The molecule has 1 aromatic heterocycles. The predicted octanol–water partition coefficient (Wildman–Crippen LogP) is 4.64. The lowest BCUT2D eigenvalue weighted by Gasteiger charge is -2.33. The number of rotatable bonds is 9. The standard InChI is InChI=1S/C28H37N5O2/c1-19-7-8-22(25(15-27(34)35)24-9-10-26(30-3)28(29)20(24)2)14-23(19)18-32-12-4-6-21(16-32)17-33-13-5-11-31-33/h5,7-11,13-14,21,25,30H,4,6,12,15-18,29H2,1-3H3,(H,34,35).